The molecule has 0 amide bonds. The van der Waals surface area contributed by atoms with Crippen LogP contribution in [-0.4, -0.2) is 17.6 Å². The molecule has 0 fully saturated rings. The van der Waals surface area contributed by atoms with Crippen molar-refractivity contribution in [3.63, 3.8) is 0 Å². The molecule has 6 heteroatoms. The fraction of sp³-hybridized carbons (Fsp3) is 0.267. The Morgan fingerprint density at radius 2 is 2.14 bits per heavy atom. The third kappa shape index (κ3) is 5.29. The van der Waals surface area contributed by atoms with E-state index in [-0.39, 0.29) is 30.5 Å². The summed E-state index contributed by atoms with van der Waals surface area (Å²) in [5.41, 5.74) is 6.89. The number of hydrogen-bond donors (Lipinski definition) is 3. The van der Waals surface area contributed by atoms with Gasteiger partial charge in [0.25, 0.3) is 0 Å². The van der Waals surface area contributed by atoms with Gasteiger partial charge < -0.3 is 16.2 Å². The molecule has 1 atom stereocenters. The molecule has 0 spiro atoms. The molecule has 1 aromatic carbocycles. The molecule has 4 nitrogen and oxygen atoms in total. The predicted octanol–water partition coefficient (Wildman–Crippen LogP) is 3.31. The molecule has 0 aliphatic heterocycles. The van der Waals surface area contributed by atoms with E-state index < -0.39 is 5.60 Å². The summed E-state index contributed by atoms with van der Waals surface area (Å²) in [4.78, 5) is 5.10. The second-order valence-corrected chi connectivity index (χ2v) is 5.89. The number of benzene rings is 1. The number of aryl methyl sites for hydroxylation is 1. The van der Waals surface area contributed by atoms with Gasteiger partial charge in [-0.1, -0.05) is 18.2 Å². The second-order valence-electron chi connectivity index (χ2n) is 4.95. The number of thiophene rings is 1. The van der Waals surface area contributed by atoms with Gasteiger partial charge >= 0.3 is 0 Å². The molecule has 4 N–H and O–H groups in total. The fourth-order valence-electron chi connectivity index (χ4n) is 1.81. The minimum absolute atomic E-state index is 0. The maximum absolute atomic E-state index is 10.4. The number of aliphatic imine (C=N–C) groups is 1. The zero-order valence-corrected chi connectivity index (χ0v) is 15.2. The Kier molecular flexibility index (Phi) is 6.63. The van der Waals surface area contributed by atoms with E-state index >= 15 is 0 Å². The topological polar surface area (TPSA) is 70.6 Å². The van der Waals surface area contributed by atoms with E-state index in [4.69, 9.17) is 5.73 Å². The Hall–Kier alpha value is -1.12. The van der Waals surface area contributed by atoms with Crippen molar-refractivity contribution >= 4 is 47.0 Å². The molecule has 1 aromatic heterocycles. The SMILES string of the molecule is Cc1cccc(NC(N)=NCC(C)(O)c2cccs2)c1.I. The van der Waals surface area contributed by atoms with Crippen LogP contribution in [0.25, 0.3) is 0 Å². The number of aliphatic hydroxyl groups is 1. The smallest absolute Gasteiger partial charge is 0.193 e. The summed E-state index contributed by atoms with van der Waals surface area (Å²) in [5, 5.41) is 15.3. The van der Waals surface area contributed by atoms with Gasteiger partial charge in [-0.15, -0.1) is 35.3 Å². The van der Waals surface area contributed by atoms with Crippen LogP contribution in [0.3, 0.4) is 0 Å². The minimum atomic E-state index is -0.993. The molecule has 0 radical (unpaired) electrons. The van der Waals surface area contributed by atoms with Gasteiger partial charge in [-0.2, -0.15) is 0 Å². The minimum Gasteiger partial charge on any atom is -0.383 e. The molecule has 0 saturated heterocycles. The van der Waals surface area contributed by atoms with Crippen LogP contribution in [0.4, 0.5) is 5.69 Å². The van der Waals surface area contributed by atoms with Crippen molar-refractivity contribution in [1.82, 2.24) is 0 Å². The average molecular weight is 417 g/mol. The summed E-state index contributed by atoms with van der Waals surface area (Å²) in [6.07, 6.45) is 0. The van der Waals surface area contributed by atoms with Crippen LogP contribution in [0.2, 0.25) is 0 Å². The van der Waals surface area contributed by atoms with Gasteiger partial charge in [0.05, 0.1) is 6.54 Å². The van der Waals surface area contributed by atoms with Crippen LogP contribution in [0.1, 0.15) is 17.4 Å². The Balaban J connectivity index is 0.00000220. The van der Waals surface area contributed by atoms with Gasteiger partial charge in [-0.05, 0) is 43.0 Å². The fourth-order valence-corrected chi connectivity index (χ4v) is 2.59. The molecule has 21 heavy (non-hydrogen) atoms. The van der Waals surface area contributed by atoms with E-state index in [0.717, 1.165) is 16.1 Å². The Morgan fingerprint density at radius 3 is 2.76 bits per heavy atom. The number of rotatable bonds is 4. The molecular formula is C15H20IN3OS. The van der Waals surface area contributed by atoms with Gasteiger partial charge in [0.15, 0.2) is 5.96 Å². The molecule has 114 valence electrons. The van der Waals surface area contributed by atoms with E-state index in [2.05, 4.69) is 10.3 Å². The number of anilines is 1. The zero-order valence-electron chi connectivity index (χ0n) is 12.0. The van der Waals surface area contributed by atoms with Crippen LogP contribution in [-0.2, 0) is 5.60 Å². The van der Waals surface area contributed by atoms with Gasteiger partial charge in [0.2, 0.25) is 0 Å². The number of hydrogen-bond acceptors (Lipinski definition) is 3. The lowest BCUT2D eigenvalue weighted by molar-refractivity contribution is 0.0713. The molecule has 2 rings (SSSR count). The second kappa shape index (κ2) is 7.77. The van der Waals surface area contributed by atoms with Crippen molar-refractivity contribution in [3.8, 4) is 0 Å². The number of halogens is 1. The standard InChI is InChI=1S/C15H19N3OS.HI/c1-11-5-3-6-12(9-11)18-14(16)17-10-15(2,19)13-7-4-8-20-13;/h3-9,19H,10H2,1-2H3,(H3,16,17,18);1H. The summed E-state index contributed by atoms with van der Waals surface area (Å²) in [6, 6.07) is 11.7. The normalized spacial score (nSPS) is 14.1. The van der Waals surface area contributed by atoms with Gasteiger partial charge in [0.1, 0.15) is 5.60 Å². The van der Waals surface area contributed by atoms with Crippen molar-refractivity contribution < 1.29 is 5.11 Å². The van der Waals surface area contributed by atoms with Crippen LogP contribution >= 0.6 is 35.3 Å². The first-order valence-electron chi connectivity index (χ1n) is 6.37. The predicted molar refractivity (Wildman–Crippen MR) is 101 cm³/mol. The van der Waals surface area contributed by atoms with E-state index in [0.29, 0.717) is 5.96 Å². The maximum atomic E-state index is 10.4. The van der Waals surface area contributed by atoms with Crippen LogP contribution in [0.5, 0.6) is 0 Å². The molecule has 0 aliphatic carbocycles. The quantitative estimate of drug-likeness (QED) is 0.406. The van der Waals surface area contributed by atoms with Gasteiger partial charge in [-0.25, -0.2) is 4.99 Å². The van der Waals surface area contributed by atoms with Gasteiger partial charge in [-0.3, -0.25) is 0 Å². The Morgan fingerprint density at radius 1 is 1.38 bits per heavy atom. The lowest BCUT2D eigenvalue weighted by Crippen LogP contribution is -2.29. The highest BCUT2D eigenvalue weighted by Gasteiger charge is 2.23. The molecule has 1 unspecified atom stereocenters. The third-order valence-electron chi connectivity index (χ3n) is 2.90. The lowest BCUT2D eigenvalue weighted by atomic mass is 10.1. The van der Waals surface area contributed by atoms with E-state index in [1.807, 2.05) is 48.7 Å². The summed E-state index contributed by atoms with van der Waals surface area (Å²) in [5.74, 6) is 0.299. The largest absolute Gasteiger partial charge is 0.383 e. The summed E-state index contributed by atoms with van der Waals surface area (Å²) >= 11 is 1.51. The first-order chi connectivity index (χ1) is 9.47. The van der Waals surface area contributed by atoms with Crippen molar-refractivity contribution in [2.75, 3.05) is 11.9 Å². The first-order valence-corrected chi connectivity index (χ1v) is 7.25. The van der Waals surface area contributed by atoms with Gasteiger partial charge in [0, 0.05) is 10.6 Å². The molecule has 0 bridgehead atoms. The Labute approximate surface area is 146 Å². The van der Waals surface area contributed by atoms with E-state index in [9.17, 15) is 5.11 Å². The summed E-state index contributed by atoms with van der Waals surface area (Å²) in [6.45, 7) is 3.97. The summed E-state index contributed by atoms with van der Waals surface area (Å²) < 4.78 is 0. The van der Waals surface area contributed by atoms with Crippen molar-refractivity contribution in [2.45, 2.75) is 19.4 Å². The monoisotopic (exact) mass is 417 g/mol. The number of nitrogens with one attached hydrogen (secondary N) is 1. The summed E-state index contributed by atoms with van der Waals surface area (Å²) in [7, 11) is 0. The van der Waals surface area contributed by atoms with Crippen molar-refractivity contribution in [1.29, 1.82) is 0 Å². The third-order valence-corrected chi connectivity index (χ3v) is 4.02. The number of guanidine groups is 1. The molecular weight excluding hydrogens is 397 g/mol. The van der Waals surface area contributed by atoms with E-state index in [1.54, 1.807) is 6.92 Å². The highest BCUT2D eigenvalue weighted by Crippen LogP contribution is 2.25. The van der Waals surface area contributed by atoms with Crippen molar-refractivity contribution in [2.24, 2.45) is 10.7 Å². The molecule has 0 saturated carbocycles. The molecule has 2 aromatic rings. The maximum Gasteiger partial charge on any atom is 0.193 e. The lowest BCUT2D eigenvalue weighted by Gasteiger charge is -2.19. The average Bonchev–Trinajstić information content (AvgIpc) is 2.91. The highest BCUT2D eigenvalue weighted by molar-refractivity contribution is 14.0. The van der Waals surface area contributed by atoms with Crippen LogP contribution in [0.15, 0.2) is 46.8 Å². The molecule has 0 aliphatic rings. The molecule has 1 heterocycles. The number of nitrogens with zero attached hydrogens (tertiary/aromatic N) is 1. The van der Waals surface area contributed by atoms with E-state index in [1.165, 1.54) is 11.3 Å². The number of nitrogens with two attached hydrogens (primary N) is 1. The zero-order chi connectivity index (χ0) is 14.6. The Bertz CT molecular complexity index is 597. The van der Waals surface area contributed by atoms with Crippen molar-refractivity contribution in [3.05, 3.63) is 52.2 Å². The highest BCUT2D eigenvalue weighted by atomic mass is 127. The first kappa shape index (κ1) is 17.9. The van der Waals surface area contributed by atoms with Crippen LogP contribution < -0.4 is 11.1 Å². The van der Waals surface area contributed by atoms with Crippen LogP contribution in [0, 0.1) is 6.92 Å².